The minimum atomic E-state index is -0.463. The van der Waals surface area contributed by atoms with Crippen LogP contribution in [0.15, 0.2) is 42.5 Å². The Morgan fingerprint density at radius 3 is 2.44 bits per heavy atom. The van der Waals surface area contributed by atoms with Gasteiger partial charge in [-0.25, -0.2) is 0 Å². The molecule has 3 N–H and O–H groups in total. The Morgan fingerprint density at radius 2 is 1.78 bits per heavy atom. The number of carbonyl (C=O) groups excluding carboxylic acids is 1. The molecule has 0 unspecified atom stereocenters. The number of hydrogen-bond donors (Lipinski definition) is 3. The van der Waals surface area contributed by atoms with E-state index in [1.165, 1.54) is 24.3 Å². The smallest absolute Gasteiger partial charge is 0.259 e. The van der Waals surface area contributed by atoms with E-state index in [1.54, 1.807) is 18.2 Å². The third kappa shape index (κ3) is 2.55. The van der Waals surface area contributed by atoms with Gasteiger partial charge in [0, 0.05) is 11.8 Å². The molecule has 4 nitrogen and oxygen atoms in total. The summed E-state index contributed by atoms with van der Waals surface area (Å²) in [4.78, 5) is 11.8. The van der Waals surface area contributed by atoms with Crippen molar-refractivity contribution in [1.29, 1.82) is 0 Å². The van der Waals surface area contributed by atoms with E-state index in [4.69, 9.17) is 11.6 Å². The van der Waals surface area contributed by atoms with Crippen molar-refractivity contribution < 1.29 is 15.0 Å². The number of halogens is 1. The lowest BCUT2D eigenvalue weighted by molar-refractivity contribution is 0.102. The van der Waals surface area contributed by atoms with E-state index in [0.29, 0.717) is 5.69 Å². The lowest BCUT2D eigenvalue weighted by Crippen LogP contribution is -2.11. The summed E-state index contributed by atoms with van der Waals surface area (Å²) in [5.41, 5.74) is 0.553. The lowest BCUT2D eigenvalue weighted by Gasteiger charge is -2.07. The van der Waals surface area contributed by atoms with Crippen LogP contribution >= 0.6 is 11.6 Å². The highest BCUT2D eigenvalue weighted by molar-refractivity contribution is 6.32. The molecule has 0 atom stereocenters. The molecule has 2 aromatic rings. The van der Waals surface area contributed by atoms with Crippen LogP contribution in [0.2, 0.25) is 5.02 Å². The SMILES string of the molecule is O=C(Nc1ccc(Cl)c(O)c1)c1ccccc1O. The Balaban J connectivity index is 2.22. The third-order valence-electron chi connectivity index (χ3n) is 2.35. The van der Waals surface area contributed by atoms with Crippen molar-refractivity contribution in [2.24, 2.45) is 0 Å². The Kier molecular flexibility index (Phi) is 3.39. The van der Waals surface area contributed by atoms with Gasteiger partial charge in [-0.2, -0.15) is 0 Å². The first kappa shape index (κ1) is 12.3. The molecule has 0 fully saturated rings. The van der Waals surface area contributed by atoms with Crippen LogP contribution in [0, 0.1) is 0 Å². The quantitative estimate of drug-likeness (QED) is 0.780. The molecular formula is C13H10ClNO3. The van der Waals surface area contributed by atoms with Crippen molar-refractivity contribution in [3.8, 4) is 11.5 Å². The molecular weight excluding hydrogens is 254 g/mol. The van der Waals surface area contributed by atoms with Crippen LogP contribution in [0.25, 0.3) is 0 Å². The molecule has 1 amide bonds. The summed E-state index contributed by atoms with van der Waals surface area (Å²) >= 11 is 5.66. The largest absolute Gasteiger partial charge is 0.507 e. The van der Waals surface area contributed by atoms with E-state index in [0.717, 1.165) is 0 Å². The van der Waals surface area contributed by atoms with Gasteiger partial charge in [0.05, 0.1) is 10.6 Å². The molecule has 0 aromatic heterocycles. The van der Waals surface area contributed by atoms with Gasteiger partial charge >= 0.3 is 0 Å². The predicted octanol–water partition coefficient (Wildman–Crippen LogP) is 3.00. The Labute approximate surface area is 108 Å². The molecule has 5 heteroatoms. The van der Waals surface area contributed by atoms with Crippen molar-refractivity contribution in [2.45, 2.75) is 0 Å². The average Bonchev–Trinajstić information content (AvgIpc) is 2.34. The number of nitrogens with one attached hydrogen (secondary N) is 1. The maximum Gasteiger partial charge on any atom is 0.259 e. The Morgan fingerprint density at radius 1 is 1.06 bits per heavy atom. The number of benzene rings is 2. The molecule has 0 aliphatic rings. The highest BCUT2D eigenvalue weighted by Gasteiger charge is 2.11. The zero-order valence-corrected chi connectivity index (χ0v) is 9.98. The highest BCUT2D eigenvalue weighted by atomic mass is 35.5. The second-order valence-corrected chi connectivity index (χ2v) is 4.04. The van der Waals surface area contributed by atoms with Gasteiger partial charge in [0.1, 0.15) is 11.5 Å². The summed E-state index contributed by atoms with van der Waals surface area (Å²) in [6, 6.07) is 10.6. The molecule has 0 heterocycles. The number of para-hydroxylation sites is 1. The van der Waals surface area contributed by atoms with Gasteiger partial charge in [-0.3, -0.25) is 4.79 Å². The van der Waals surface area contributed by atoms with Crippen LogP contribution in [0.5, 0.6) is 11.5 Å². The van der Waals surface area contributed by atoms with Gasteiger partial charge < -0.3 is 15.5 Å². The normalized spacial score (nSPS) is 10.1. The fourth-order valence-corrected chi connectivity index (χ4v) is 1.57. The van der Waals surface area contributed by atoms with Gasteiger partial charge in [-0.05, 0) is 24.3 Å². The summed E-state index contributed by atoms with van der Waals surface area (Å²) in [6.07, 6.45) is 0. The molecule has 0 aliphatic carbocycles. The summed E-state index contributed by atoms with van der Waals surface area (Å²) in [6.45, 7) is 0. The summed E-state index contributed by atoms with van der Waals surface area (Å²) < 4.78 is 0. The Bertz CT molecular complexity index is 599. The summed E-state index contributed by atoms with van der Waals surface area (Å²) in [5.74, 6) is -0.685. The van der Waals surface area contributed by atoms with Crippen LogP contribution in [0.1, 0.15) is 10.4 Å². The van der Waals surface area contributed by atoms with Crippen LogP contribution in [0.3, 0.4) is 0 Å². The zero-order valence-electron chi connectivity index (χ0n) is 9.22. The average molecular weight is 264 g/mol. The van der Waals surface area contributed by atoms with Crippen molar-refractivity contribution in [3.05, 3.63) is 53.1 Å². The maximum absolute atomic E-state index is 11.8. The predicted molar refractivity (Wildman–Crippen MR) is 69.2 cm³/mol. The lowest BCUT2D eigenvalue weighted by atomic mass is 10.2. The van der Waals surface area contributed by atoms with E-state index >= 15 is 0 Å². The number of phenolic OH excluding ortho intramolecular Hbond substituents is 2. The highest BCUT2D eigenvalue weighted by Crippen LogP contribution is 2.27. The maximum atomic E-state index is 11.8. The zero-order chi connectivity index (χ0) is 13.1. The second kappa shape index (κ2) is 4.98. The molecule has 0 radical (unpaired) electrons. The van der Waals surface area contributed by atoms with Crippen molar-refractivity contribution in [2.75, 3.05) is 5.32 Å². The number of phenols is 2. The minimum absolute atomic E-state index is 0.104. The second-order valence-electron chi connectivity index (χ2n) is 3.64. The van der Waals surface area contributed by atoms with Gasteiger partial charge in [0.15, 0.2) is 0 Å². The minimum Gasteiger partial charge on any atom is -0.507 e. The third-order valence-corrected chi connectivity index (χ3v) is 2.67. The molecule has 0 aliphatic heterocycles. The molecule has 2 rings (SSSR count). The Hall–Kier alpha value is -2.20. The van der Waals surface area contributed by atoms with Gasteiger partial charge in [0.2, 0.25) is 0 Å². The van der Waals surface area contributed by atoms with E-state index in [2.05, 4.69) is 5.32 Å². The fourth-order valence-electron chi connectivity index (χ4n) is 1.45. The van der Waals surface area contributed by atoms with E-state index < -0.39 is 5.91 Å². The first-order valence-electron chi connectivity index (χ1n) is 5.16. The summed E-state index contributed by atoms with van der Waals surface area (Å²) in [7, 11) is 0. The molecule has 2 aromatic carbocycles. The molecule has 0 saturated carbocycles. The number of aromatic hydroxyl groups is 2. The molecule has 92 valence electrons. The van der Waals surface area contributed by atoms with Crippen LogP contribution < -0.4 is 5.32 Å². The number of hydrogen-bond acceptors (Lipinski definition) is 3. The first-order valence-corrected chi connectivity index (χ1v) is 5.53. The van der Waals surface area contributed by atoms with Gasteiger partial charge in [-0.15, -0.1) is 0 Å². The van der Waals surface area contributed by atoms with Gasteiger partial charge in [-0.1, -0.05) is 23.7 Å². The number of rotatable bonds is 2. The van der Waals surface area contributed by atoms with E-state index in [9.17, 15) is 15.0 Å². The van der Waals surface area contributed by atoms with Crippen molar-refractivity contribution in [3.63, 3.8) is 0 Å². The number of anilines is 1. The summed E-state index contributed by atoms with van der Waals surface area (Å²) in [5, 5.41) is 21.7. The number of amides is 1. The monoisotopic (exact) mass is 263 g/mol. The van der Waals surface area contributed by atoms with Crippen LogP contribution in [0.4, 0.5) is 5.69 Å². The van der Waals surface area contributed by atoms with Crippen molar-refractivity contribution in [1.82, 2.24) is 0 Å². The topological polar surface area (TPSA) is 69.6 Å². The molecule has 18 heavy (non-hydrogen) atoms. The van der Waals surface area contributed by atoms with Gasteiger partial charge in [0.25, 0.3) is 5.91 Å². The van der Waals surface area contributed by atoms with E-state index in [-0.39, 0.29) is 22.1 Å². The molecule has 0 saturated heterocycles. The standard InChI is InChI=1S/C13H10ClNO3/c14-10-6-5-8(7-12(10)17)15-13(18)9-3-1-2-4-11(9)16/h1-7,16-17H,(H,15,18). The fraction of sp³-hybridized carbons (Fsp3) is 0. The van der Waals surface area contributed by atoms with E-state index in [1.807, 2.05) is 0 Å². The van der Waals surface area contributed by atoms with Crippen LogP contribution in [-0.2, 0) is 0 Å². The van der Waals surface area contributed by atoms with Crippen LogP contribution in [-0.4, -0.2) is 16.1 Å². The molecule has 0 bridgehead atoms. The van der Waals surface area contributed by atoms with Crippen molar-refractivity contribution >= 4 is 23.2 Å². The molecule has 0 spiro atoms. The first-order chi connectivity index (χ1) is 8.58. The number of carbonyl (C=O) groups is 1.